The predicted octanol–water partition coefficient (Wildman–Crippen LogP) is 2.96. The zero-order chi connectivity index (χ0) is 13.4. The van der Waals surface area contributed by atoms with E-state index < -0.39 is 10.8 Å². The Labute approximate surface area is 114 Å². The van der Waals surface area contributed by atoms with Gasteiger partial charge in [0.25, 0.3) is 0 Å². The minimum atomic E-state index is -1.03. The first-order valence-electron chi connectivity index (χ1n) is 5.96. The third kappa shape index (κ3) is 2.12. The smallest absolute Gasteiger partial charge is 0.119 e. The summed E-state index contributed by atoms with van der Waals surface area (Å²) in [7, 11) is 2.23. The maximum absolute atomic E-state index is 12.2. The molecule has 1 heterocycles. The fraction of sp³-hybridized carbons (Fsp3) is 0.200. The summed E-state index contributed by atoms with van der Waals surface area (Å²) < 4.78 is 22.6. The van der Waals surface area contributed by atoms with Crippen molar-refractivity contribution < 1.29 is 13.7 Å². The Balaban J connectivity index is 2.23. The molecule has 1 atom stereocenters. The van der Waals surface area contributed by atoms with E-state index in [4.69, 9.17) is 9.47 Å². The van der Waals surface area contributed by atoms with Crippen molar-refractivity contribution in [1.29, 1.82) is 0 Å². The van der Waals surface area contributed by atoms with Crippen LogP contribution in [0.4, 0.5) is 0 Å². The summed E-state index contributed by atoms with van der Waals surface area (Å²) in [6.07, 6.45) is 1.95. The number of rotatable bonds is 2. The zero-order valence-electron chi connectivity index (χ0n) is 10.8. The lowest BCUT2D eigenvalue weighted by Gasteiger charge is -2.16. The van der Waals surface area contributed by atoms with Crippen LogP contribution in [0.1, 0.15) is 5.56 Å². The number of ether oxygens (including phenoxy) is 2. The molecule has 0 spiro atoms. The summed E-state index contributed by atoms with van der Waals surface area (Å²) in [5.74, 6) is 2.03. The zero-order valence-corrected chi connectivity index (χ0v) is 11.6. The fourth-order valence-electron chi connectivity index (χ4n) is 2.25. The SMILES string of the molecule is COC1=Cc2cc3cc(OC)ccc3cc2S(=O)C1. The Hall–Kier alpha value is -1.81. The average molecular weight is 274 g/mol. The largest absolute Gasteiger partial charge is 0.500 e. The average Bonchev–Trinajstić information content (AvgIpc) is 2.44. The third-order valence-electron chi connectivity index (χ3n) is 3.27. The first-order valence-corrected chi connectivity index (χ1v) is 7.28. The standard InChI is InChI=1S/C15H14O3S/c1-17-13-4-3-10-8-15-12(5-11(10)6-13)7-14(18-2)9-19(15)16/h3-8H,9H2,1-2H3. The van der Waals surface area contributed by atoms with Crippen molar-refractivity contribution in [2.24, 2.45) is 0 Å². The molecule has 1 unspecified atom stereocenters. The molecule has 0 N–H and O–H groups in total. The van der Waals surface area contributed by atoms with Crippen molar-refractivity contribution in [3.8, 4) is 5.75 Å². The molecule has 2 aromatic carbocycles. The molecule has 0 radical (unpaired) electrons. The second kappa shape index (κ2) is 4.70. The summed E-state index contributed by atoms with van der Waals surface area (Å²) in [6, 6.07) is 9.90. The van der Waals surface area contributed by atoms with Crippen molar-refractivity contribution in [2.75, 3.05) is 20.0 Å². The highest BCUT2D eigenvalue weighted by atomic mass is 32.2. The van der Waals surface area contributed by atoms with E-state index >= 15 is 0 Å². The summed E-state index contributed by atoms with van der Waals surface area (Å²) >= 11 is 0. The van der Waals surface area contributed by atoms with Crippen LogP contribution in [0.15, 0.2) is 41.0 Å². The van der Waals surface area contributed by atoms with Crippen molar-refractivity contribution in [2.45, 2.75) is 4.90 Å². The monoisotopic (exact) mass is 274 g/mol. The summed E-state index contributed by atoms with van der Waals surface area (Å²) in [5, 5.41) is 2.14. The minimum absolute atomic E-state index is 0.450. The lowest BCUT2D eigenvalue weighted by atomic mass is 10.1. The van der Waals surface area contributed by atoms with Gasteiger partial charge in [0.1, 0.15) is 11.5 Å². The minimum Gasteiger partial charge on any atom is -0.500 e. The van der Waals surface area contributed by atoms with Crippen LogP contribution in [-0.4, -0.2) is 24.2 Å². The van der Waals surface area contributed by atoms with Crippen LogP contribution in [0.25, 0.3) is 16.8 Å². The van der Waals surface area contributed by atoms with Gasteiger partial charge in [0, 0.05) is 4.90 Å². The number of fused-ring (bicyclic) bond motifs is 2. The van der Waals surface area contributed by atoms with E-state index in [1.165, 1.54) is 0 Å². The fourth-order valence-corrected chi connectivity index (χ4v) is 3.50. The Morgan fingerprint density at radius 2 is 1.89 bits per heavy atom. The van der Waals surface area contributed by atoms with Crippen LogP contribution in [0.3, 0.4) is 0 Å². The van der Waals surface area contributed by atoms with Gasteiger partial charge >= 0.3 is 0 Å². The third-order valence-corrected chi connectivity index (χ3v) is 4.66. The van der Waals surface area contributed by atoms with Gasteiger partial charge in [-0.3, -0.25) is 4.21 Å². The van der Waals surface area contributed by atoms with E-state index in [0.717, 1.165) is 32.7 Å². The molecule has 1 aliphatic heterocycles. The molecule has 0 bridgehead atoms. The Bertz CT molecular complexity index is 704. The predicted molar refractivity (Wildman–Crippen MR) is 76.8 cm³/mol. The molecule has 0 aromatic heterocycles. The molecule has 0 saturated carbocycles. The van der Waals surface area contributed by atoms with Gasteiger partial charge in [0.2, 0.25) is 0 Å². The van der Waals surface area contributed by atoms with Crippen LogP contribution in [0.2, 0.25) is 0 Å². The summed E-state index contributed by atoms with van der Waals surface area (Å²) in [5.41, 5.74) is 0.960. The van der Waals surface area contributed by atoms with Gasteiger partial charge in [0.15, 0.2) is 0 Å². The van der Waals surface area contributed by atoms with Crippen LogP contribution >= 0.6 is 0 Å². The molecule has 0 amide bonds. The van der Waals surface area contributed by atoms with Crippen molar-refractivity contribution in [3.05, 3.63) is 41.7 Å². The Morgan fingerprint density at radius 1 is 1.05 bits per heavy atom. The Morgan fingerprint density at radius 3 is 2.63 bits per heavy atom. The van der Waals surface area contributed by atoms with E-state index in [9.17, 15) is 4.21 Å². The van der Waals surface area contributed by atoms with Crippen molar-refractivity contribution in [1.82, 2.24) is 0 Å². The maximum Gasteiger partial charge on any atom is 0.119 e. The van der Waals surface area contributed by atoms with Crippen LogP contribution < -0.4 is 4.74 Å². The van der Waals surface area contributed by atoms with Gasteiger partial charge in [-0.25, -0.2) is 0 Å². The second-order valence-electron chi connectivity index (χ2n) is 4.41. The molecule has 3 rings (SSSR count). The van der Waals surface area contributed by atoms with Crippen LogP contribution in [0.5, 0.6) is 5.75 Å². The first-order chi connectivity index (χ1) is 9.21. The lowest BCUT2D eigenvalue weighted by molar-refractivity contribution is 0.298. The van der Waals surface area contributed by atoms with Crippen molar-refractivity contribution in [3.63, 3.8) is 0 Å². The van der Waals surface area contributed by atoms with Gasteiger partial charge in [-0.1, -0.05) is 6.07 Å². The highest BCUT2D eigenvalue weighted by Gasteiger charge is 2.18. The van der Waals surface area contributed by atoms with Gasteiger partial charge in [-0.15, -0.1) is 0 Å². The van der Waals surface area contributed by atoms with Crippen molar-refractivity contribution >= 4 is 27.6 Å². The molecule has 0 fully saturated rings. The molecule has 3 nitrogen and oxygen atoms in total. The van der Waals surface area contributed by atoms with E-state index in [2.05, 4.69) is 0 Å². The van der Waals surface area contributed by atoms with Crippen LogP contribution in [-0.2, 0) is 15.5 Å². The number of hydrogen-bond acceptors (Lipinski definition) is 3. The van der Waals surface area contributed by atoms with E-state index in [0.29, 0.717) is 5.75 Å². The highest BCUT2D eigenvalue weighted by molar-refractivity contribution is 7.85. The maximum atomic E-state index is 12.2. The van der Waals surface area contributed by atoms with Gasteiger partial charge in [-0.2, -0.15) is 0 Å². The molecule has 19 heavy (non-hydrogen) atoms. The number of methoxy groups -OCH3 is 2. The topological polar surface area (TPSA) is 35.5 Å². The quantitative estimate of drug-likeness (QED) is 0.844. The molecule has 98 valence electrons. The molecule has 0 saturated heterocycles. The molecule has 1 aliphatic rings. The lowest BCUT2D eigenvalue weighted by Crippen LogP contribution is -2.09. The second-order valence-corrected chi connectivity index (χ2v) is 5.83. The molecule has 4 heteroatoms. The van der Waals surface area contributed by atoms with E-state index in [1.54, 1.807) is 14.2 Å². The molecule has 0 aliphatic carbocycles. The first kappa shape index (κ1) is 12.2. The summed E-state index contributed by atoms with van der Waals surface area (Å²) in [4.78, 5) is 0.874. The van der Waals surface area contributed by atoms with Gasteiger partial charge < -0.3 is 9.47 Å². The Kier molecular flexibility index (Phi) is 3.03. The number of hydrogen-bond donors (Lipinski definition) is 0. The van der Waals surface area contributed by atoms with Gasteiger partial charge in [-0.05, 0) is 46.7 Å². The van der Waals surface area contributed by atoms with Gasteiger partial charge in [0.05, 0.1) is 30.8 Å². The molecule has 2 aromatic rings. The van der Waals surface area contributed by atoms with Crippen LogP contribution in [0, 0.1) is 0 Å². The summed E-state index contributed by atoms with van der Waals surface area (Å²) in [6.45, 7) is 0. The molecular formula is C15H14O3S. The van der Waals surface area contributed by atoms with E-state index in [1.807, 2.05) is 36.4 Å². The normalized spacial score (nSPS) is 17.8. The highest BCUT2D eigenvalue weighted by Crippen LogP contribution is 2.30. The molecular weight excluding hydrogens is 260 g/mol. The van der Waals surface area contributed by atoms with E-state index in [-0.39, 0.29) is 0 Å². The number of benzene rings is 2.